The van der Waals surface area contributed by atoms with Gasteiger partial charge in [-0.1, -0.05) is 18.2 Å². The summed E-state index contributed by atoms with van der Waals surface area (Å²) in [5, 5.41) is 12.3. The molecule has 0 radical (unpaired) electrons. The molecule has 1 aromatic carbocycles. The number of hydrogen-bond acceptors (Lipinski definition) is 6. The van der Waals surface area contributed by atoms with Crippen molar-refractivity contribution in [3.63, 3.8) is 0 Å². The van der Waals surface area contributed by atoms with E-state index in [4.69, 9.17) is 9.84 Å². The lowest BCUT2D eigenvalue weighted by Crippen LogP contribution is -2.51. The minimum absolute atomic E-state index is 0.107. The van der Waals surface area contributed by atoms with Crippen molar-refractivity contribution in [3.05, 3.63) is 29.3 Å². The van der Waals surface area contributed by atoms with Crippen LogP contribution < -0.4 is 5.32 Å². The average molecular weight is 489 g/mol. The molecule has 186 valence electrons. The minimum atomic E-state index is -0.649. The van der Waals surface area contributed by atoms with Crippen LogP contribution in [0.1, 0.15) is 57.1 Å². The number of ether oxygens (including phenoxy) is 1. The van der Waals surface area contributed by atoms with E-state index in [9.17, 15) is 14.4 Å². The Morgan fingerprint density at radius 2 is 1.91 bits per heavy atom. The highest BCUT2D eigenvalue weighted by molar-refractivity contribution is 8.02. The average Bonchev–Trinajstić information content (AvgIpc) is 3.35. The number of aliphatic hydroxyl groups excluding tert-OH is 1. The number of rotatable bonds is 9. The topological polar surface area (TPSA) is 95.9 Å². The van der Waals surface area contributed by atoms with Crippen LogP contribution >= 0.6 is 11.8 Å². The number of esters is 1. The van der Waals surface area contributed by atoms with E-state index >= 15 is 0 Å². The summed E-state index contributed by atoms with van der Waals surface area (Å²) in [5.74, 6) is -1.72. The molecule has 7 nitrogen and oxygen atoms in total. The van der Waals surface area contributed by atoms with Gasteiger partial charge in [-0.15, -0.1) is 11.8 Å². The van der Waals surface area contributed by atoms with E-state index in [-0.39, 0.29) is 31.0 Å². The Labute approximate surface area is 206 Å². The largest absolute Gasteiger partial charge is 0.466 e. The summed E-state index contributed by atoms with van der Waals surface area (Å²) in [6, 6.07) is 5.23. The molecule has 3 aliphatic heterocycles. The van der Waals surface area contributed by atoms with Crippen LogP contribution in [0, 0.1) is 25.7 Å². The Bertz CT molecular complexity index is 964. The summed E-state index contributed by atoms with van der Waals surface area (Å²) >= 11 is 1.66. The Kier molecular flexibility index (Phi) is 7.02. The zero-order chi connectivity index (χ0) is 24.7. The zero-order valence-corrected chi connectivity index (χ0v) is 21.4. The second-order valence-corrected chi connectivity index (χ2v) is 11.9. The number of carbonyl (C=O) groups excluding carboxylic acids is 3. The summed E-state index contributed by atoms with van der Waals surface area (Å²) in [6.07, 6.45) is 3.63. The van der Waals surface area contributed by atoms with Crippen LogP contribution in [-0.4, -0.2) is 63.1 Å². The normalized spacial score (nSPS) is 31.6. The van der Waals surface area contributed by atoms with E-state index in [1.54, 1.807) is 23.6 Å². The molecule has 4 rings (SSSR count). The summed E-state index contributed by atoms with van der Waals surface area (Å²) in [4.78, 5) is 42.6. The number of fused-ring (bicyclic) bond motifs is 1. The van der Waals surface area contributed by atoms with Gasteiger partial charge in [0.05, 0.1) is 23.2 Å². The molecule has 0 saturated carbocycles. The molecule has 3 fully saturated rings. The zero-order valence-electron chi connectivity index (χ0n) is 20.6. The van der Waals surface area contributed by atoms with Crippen LogP contribution in [0.25, 0.3) is 0 Å². The molecule has 34 heavy (non-hydrogen) atoms. The van der Waals surface area contributed by atoms with Gasteiger partial charge in [-0.3, -0.25) is 14.4 Å². The molecule has 0 aromatic heterocycles. The van der Waals surface area contributed by atoms with Crippen LogP contribution in [-0.2, 0) is 19.1 Å². The Hall–Kier alpha value is -2.06. The fraction of sp³-hybridized carbons (Fsp3) is 0.654. The summed E-state index contributed by atoms with van der Waals surface area (Å²) < 4.78 is 4.37. The van der Waals surface area contributed by atoms with Crippen molar-refractivity contribution in [2.75, 3.05) is 25.1 Å². The van der Waals surface area contributed by atoms with E-state index < -0.39 is 27.4 Å². The van der Waals surface area contributed by atoms with Crippen LogP contribution in [0.4, 0.5) is 5.69 Å². The molecule has 3 aliphatic rings. The van der Waals surface area contributed by atoms with E-state index in [0.717, 1.165) is 36.1 Å². The number of nitrogens with zero attached hydrogens (tertiary/aromatic N) is 1. The molecular weight excluding hydrogens is 452 g/mol. The van der Waals surface area contributed by atoms with Crippen molar-refractivity contribution in [1.29, 1.82) is 0 Å². The first-order valence-electron chi connectivity index (χ1n) is 12.4. The van der Waals surface area contributed by atoms with Gasteiger partial charge in [0, 0.05) is 23.6 Å². The van der Waals surface area contributed by atoms with Gasteiger partial charge in [0.15, 0.2) is 0 Å². The van der Waals surface area contributed by atoms with E-state index in [0.29, 0.717) is 19.4 Å². The predicted octanol–water partition coefficient (Wildman–Crippen LogP) is 3.45. The summed E-state index contributed by atoms with van der Waals surface area (Å²) in [6.45, 7) is 8.57. The van der Waals surface area contributed by atoms with E-state index in [1.165, 1.54) is 0 Å². The van der Waals surface area contributed by atoms with Crippen LogP contribution in [0.5, 0.6) is 0 Å². The highest BCUT2D eigenvalue weighted by Crippen LogP contribution is 2.71. The highest BCUT2D eigenvalue weighted by atomic mass is 32.2. The molecule has 3 heterocycles. The molecule has 2 amide bonds. The monoisotopic (exact) mass is 488 g/mol. The number of unbranched alkanes of at least 4 members (excludes halogenated alkanes) is 2. The predicted molar refractivity (Wildman–Crippen MR) is 133 cm³/mol. The number of aryl methyl sites for hydroxylation is 2. The molecular formula is C26H36N2O5S. The quantitative estimate of drug-likeness (QED) is 0.408. The molecule has 0 aliphatic carbocycles. The van der Waals surface area contributed by atoms with Gasteiger partial charge in [0.2, 0.25) is 11.8 Å². The lowest BCUT2D eigenvalue weighted by Gasteiger charge is -2.34. The molecule has 2 bridgehead atoms. The van der Waals surface area contributed by atoms with Crippen molar-refractivity contribution in [1.82, 2.24) is 4.90 Å². The molecule has 1 aromatic rings. The molecule has 8 heteroatoms. The van der Waals surface area contributed by atoms with Crippen molar-refractivity contribution in [2.24, 2.45) is 11.8 Å². The molecule has 1 spiro atoms. The van der Waals surface area contributed by atoms with Crippen molar-refractivity contribution in [3.8, 4) is 0 Å². The van der Waals surface area contributed by atoms with Gasteiger partial charge < -0.3 is 20.1 Å². The number of benzene rings is 1. The lowest BCUT2D eigenvalue weighted by molar-refractivity contribution is -0.155. The number of amides is 2. The maximum atomic E-state index is 13.9. The fourth-order valence-corrected chi connectivity index (χ4v) is 8.68. The van der Waals surface area contributed by atoms with Crippen molar-refractivity contribution < 1.29 is 24.2 Å². The SMILES string of the molecule is CCOC(=O)[C@H]1[C@H]2C(=O)N(CCCCCO)C(C(=O)Nc3c(C)cccc3C)C23CC[C@]1(C)S3. The summed E-state index contributed by atoms with van der Waals surface area (Å²) in [7, 11) is 0. The third kappa shape index (κ3) is 3.92. The standard InChI is InChI=1S/C26H36N2O5S/c1-5-33-24(32)19-18-23(31)28(14-7-6-8-15-29)21(26(18)13-12-25(19,4)34-26)22(30)27-20-16(2)10-9-11-17(20)3/h9-11,18-19,21,29H,5-8,12-15H2,1-4H3,(H,27,30)/t18-,19+,21?,25-,26?/m0/s1. The van der Waals surface area contributed by atoms with Gasteiger partial charge in [-0.2, -0.15) is 0 Å². The number of nitrogens with one attached hydrogen (secondary N) is 1. The summed E-state index contributed by atoms with van der Waals surface area (Å²) in [5.41, 5.74) is 2.73. The van der Waals surface area contributed by atoms with Crippen molar-refractivity contribution >= 4 is 35.2 Å². The third-order valence-electron chi connectivity index (χ3n) is 7.85. The van der Waals surface area contributed by atoms with Crippen molar-refractivity contribution in [2.45, 2.75) is 75.3 Å². The maximum absolute atomic E-state index is 13.9. The first-order valence-corrected chi connectivity index (χ1v) is 13.2. The second kappa shape index (κ2) is 9.53. The molecule has 2 N–H and O–H groups in total. The van der Waals surface area contributed by atoms with Crippen LogP contribution in [0.3, 0.4) is 0 Å². The highest BCUT2D eigenvalue weighted by Gasteiger charge is 2.77. The van der Waals surface area contributed by atoms with E-state index in [1.807, 2.05) is 39.0 Å². The van der Waals surface area contributed by atoms with Crippen LogP contribution in [0.2, 0.25) is 0 Å². The first kappa shape index (κ1) is 25.0. The smallest absolute Gasteiger partial charge is 0.311 e. The van der Waals surface area contributed by atoms with E-state index in [2.05, 4.69) is 5.32 Å². The van der Waals surface area contributed by atoms with Gasteiger partial charge in [-0.05, 0) is 70.9 Å². The lowest BCUT2D eigenvalue weighted by atomic mass is 9.66. The third-order valence-corrected chi connectivity index (χ3v) is 9.84. The molecule has 3 saturated heterocycles. The van der Waals surface area contributed by atoms with Gasteiger partial charge in [0.25, 0.3) is 0 Å². The maximum Gasteiger partial charge on any atom is 0.311 e. The van der Waals surface area contributed by atoms with Crippen LogP contribution in [0.15, 0.2) is 18.2 Å². The number of aliphatic hydroxyl groups is 1. The minimum Gasteiger partial charge on any atom is -0.466 e. The Balaban J connectivity index is 1.70. The number of anilines is 1. The van der Waals surface area contributed by atoms with Gasteiger partial charge in [-0.25, -0.2) is 0 Å². The number of hydrogen-bond donors (Lipinski definition) is 2. The number of carbonyl (C=O) groups is 3. The number of para-hydroxylation sites is 1. The fourth-order valence-electron chi connectivity index (χ4n) is 6.33. The Morgan fingerprint density at radius 3 is 2.56 bits per heavy atom. The van der Waals surface area contributed by atoms with Gasteiger partial charge in [0.1, 0.15) is 6.04 Å². The Morgan fingerprint density at radius 1 is 1.21 bits per heavy atom. The number of thioether (sulfide) groups is 1. The van der Waals surface area contributed by atoms with Gasteiger partial charge >= 0.3 is 5.97 Å². The molecule has 2 unspecified atom stereocenters. The molecule has 5 atom stereocenters. The first-order chi connectivity index (χ1) is 16.2. The number of likely N-dealkylation sites (tertiary alicyclic amines) is 1. The second-order valence-electron chi connectivity index (χ2n) is 10.1.